The van der Waals surface area contributed by atoms with E-state index in [4.69, 9.17) is 4.74 Å². The second kappa shape index (κ2) is 8.61. The number of rotatable bonds is 9. The maximum atomic E-state index is 10.9. The van der Waals surface area contributed by atoms with Crippen LogP contribution in [0.3, 0.4) is 0 Å². The van der Waals surface area contributed by atoms with E-state index in [0.29, 0.717) is 25.3 Å². The van der Waals surface area contributed by atoms with Crippen LogP contribution in [0.25, 0.3) is 0 Å². The van der Waals surface area contributed by atoms with Crippen molar-refractivity contribution in [3.8, 4) is 5.75 Å². The van der Waals surface area contributed by atoms with Gasteiger partial charge in [-0.25, -0.2) is 8.42 Å². The van der Waals surface area contributed by atoms with Crippen molar-refractivity contribution in [1.82, 2.24) is 5.32 Å². The molecule has 0 aliphatic carbocycles. The molecule has 0 aromatic heterocycles. The minimum atomic E-state index is -2.91. The van der Waals surface area contributed by atoms with Crippen LogP contribution in [-0.2, 0) is 9.84 Å². The molecule has 0 aliphatic heterocycles. The fourth-order valence-electron chi connectivity index (χ4n) is 1.51. The van der Waals surface area contributed by atoms with E-state index in [-0.39, 0.29) is 12.4 Å². The predicted octanol–water partition coefficient (Wildman–Crippen LogP) is 1.21. The highest BCUT2D eigenvalue weighted by Gasteiger charge is 2.06. The van der Waals surface area contributed by atoms with Crippen molar-refractivity contribution in [2.75, 3.05) is 31.7 Å². The molecule has 1 unspecified atom stereocenters. The van der Waals surface area contributed by atoms with E-state index in [0.717, 1.165) is 4.47 Å². The van der Waals surface area contributed by atoms with E-state index in [1.165, 1.54) is 6.26 Å². The van der Waals surface area contributed by atoms with Crippen molar-refractivity contribution in [1.29, 1.82) is 0 Å². The fourth-order valence-corrected chi connectivity index (χ4v) is 2.44. The average Bonchev–Trinajstić information content (AvgIpc) is 2.36. The van der Waals surface area contributed by atoms with Crippen LogP contribution in [-0.4, -0.2) is 51.3 Å². The SMILES string of the molecule is CS(=O)(=O)CCCNCC(O)COc1ccc(Br)cc1. The fraction of sp³-hybridized carbons (Fsp3) is 0.538. The predicted molar refractivity (Wildman–Crippen MR) is 82.8 cm³/mol. The maximum Gasteiger partial charge on any atom is 0.147 e. The maximum absolute atomic E-state index is 10.9. The summed E-state index contributed by atoms with van der Waals surface area (Å²) in [7, 11) is -2.91. The summed E-state index contributed by atoms with van der Waals surface area (Å²) < 4.78 is 28.2. The number of hydrogen-bond acceptors (Lipinski definition) is 5. The van der Waals surface area contributed by atoms with Crippen molar-refractivity contribution in [2.45, 2.75) is 12.5 Å². The molecule has 0 saturated carbocycles. The Hall–Kier alpha value is -0.630. The molecular weight excluding hydrogens is 346 g/mol. The Bertz CT molecular complexity index is 490. The first-order chi connectivity index (χ1) is 9.37. The van der Waals surface area contributed by atoms with E-state index < -0.39 is 15.9 Å². The van der Waals surface area contributed by atoms with Gasteiger partial charge in [-0.1, -0.05) is 15.9 Å². The standard InChI is InChI=1S/C13H20BrNO4S/c1-20(17,18)8-2-7-15-9-12(16)10-19-13-5-3-11(14)4-6-13/h3-6,12,15-16H,2,7-10H2,1H3. The first kappa shape index (κ1) is 17.4. The highest BCUT2D eigenvalue weighted by Crippen LogP contribution is 2.16. The summed E-state index contributed by atoms with van der Waals surface area (Å²) in [5.74, 6) is 0.857. The van der Waals surface area contributed by atoms with Crippen LogP contribution < -0.4 is 10.1 Å². The highest BCUT2D eigenvalue weighted by molar-refractivity contribution is 9.10. The Morgan fingerprint density at radius 3 is 2.60 bits per heavy atom. The van der Waals surface area contributed by atoms with Gasteiger partial charge in [0.15, 0.2) is 0 Å². The lowest BCUT2D eigenvalue weighted by Crippen LogP contribution is -2.32. The third-order valence-electron chi connectivity index (χ3n) is 2.50. The zero-order valence-corrected chi connectivity index (χ0v) is 13.8. The van der Waals surface area contributed by atoms with Gasteiger partial charge in [0, 0.05) is 17.3 Å². The molecule has 2 N–H and O–H groups in total. The van der Waals surface area contributed by atoms with Crippen LogP contribution in [0.15, 0.2) is 28.7 Å². The molecule has 0 fully saturated rings. The second-order valence-corrected chi connectivity index (χ2v) is 7.78. The number of hydrogen-bond donors (Lipinski definition) is 2. The minimum Gasteiger partial charge on any atom is -0.491 e. The number of halogens is 1. The second-order valence-electron chi connectivity index (χ2n) is 4.61. The highest BCUT2D eigenvalue weighted by atomic mass is 79.9. The molecule has 0 radical (unpaired) electrons. The lowest BCUT2D eigenvalue weighted by Gasteiger charge is -2.13. The largest absolute Gasteiger partial charge is 0.491 e. The van der Waals surface area contributed by atoms with E-state index >= 15 is 0 Å². The summed E-state index contributed by atoms with van der Waals surface area (Å²) in [6, 6.07) is 7.36. The lowest BCUT2D eigenvalue weighted by atomic mass is 10.3. The third kappa shape index (κ3) is 8.52. The summed E-state index contributed by atoms with van der Waals surface area (Å²) in [4.78, 5) is 0. The van der Waals surface area contributed by atoms with Gasteiger partial charge in [0.1, 0.15) is 28.3 Å². The number of aliphatic hydroxyl groups is 1. The molecule has 1 rings (SSSR count). The molecule has 0 saturated heterocycles. The number of sulfone groups is 1. The molecule has 7 heteroatoms. The van der Waals surface area contributed by atoms with Crippen molar-refractivity contribution in [2.24, 2.45) is 0 Å². The van der Waals surface area contributed by atoms with Gasteiger partial charge < -0.3 is 15.2 Å². The molecule has 114 valence electrons. The van der Waals surface area contributed by atoms with Crippen LogP contribution in [0, 0.1) is 0 Å². The Balaban J connectivity index is 2.11. The van der Waals surface area contributed by atoms with Crippen LogP contribution in [0.2, 0.25) is 0 Å². The van der Waals surface area contributed by atoms with Gasteiger partial charge in [-0.15, -0.1) is 0 Å². The van der Waals surface area contributed by atoms with Crippen molar-refractivity contribution in [3.63, 3.8) is 0 Å². The topological polar surface area (TPSA) is 75.6 Å². The molecule has 1 aromatic carbocycles. The Labute approximate surface area is 128 Å². The first-order valence-corrected chi connectivity index (χ1v) is 9.17. The molecular formula is C13H20BrNO4S. The number of nitrogens with one attached hydrogen (secondary N) is 1. The Morgan fingerprint density at radius 1 is 1.35 bits per heavy atom. The zero-order valence-electron chi connectivity index (χ0n) is 11.4. The molecule has 1 aromatic rings. The molecule has 0 spiro atoms. The minimum absolute atomic E-state index is 0.158. The summed E-state index contributed by atoms with van der Waals surface area (Å²) >= 11 is 3.33. The quantitative estimate of drug-likeness (QED) is 0.643. The van der Waals surface area contributed by atoms with Gasteiger partial charge in [-0.05, 0) is 37.2 Å². The molecule has 20 heavy (non-hydrogen) atoms. The van der Waals surface area contributed by atoms with Crippen LogP contribution in [0.4, 0.5) is 0 Å². The van der Waals surface area contributed by atoms with Gasteiger partial charge >= 0.3 is 0 Å². The molecule has 0 amide bonds. The third-order valence-corrected chi connectivity index (χ3v) is 4.06. The molecule has 0 aliphatic rings. The van der Waals surface area contributed by atoms with Crippen LogP contribution >= 0.6 is 15.9 Å². The van der Waals surface area contributed by atoms with Gasteiger partial charge in [0.25, 0.3) is 0 Å². The average molecular weight is 366 g/mol. The molecule has 1 atom stereocenters. The van der Waals surface area contributed by atoms with Crippen molar-refractivity contribution in [3.05, 3.63) is 28.7 Å². The summed E-state index contributed by atoms with van der Waals surface area (Å²) in [6.45, 7) is 1.13. The van der Waals surface area contributed by atoms with Crippen molar-refractivity contribution >= 4 is 25.8 Å². The van der Waals surface area contributed by atoms with Crippen LogP contribution in [0.1, 0.15) is 6.42 Å². The normalized spacial score (nSPS) is 13.2. The van der Waals surface area contributed by atoms with E-state index in [2.05, 4.69) is 21.2 Å². The summed E-state index contributed by atoms with van der Waals surface area (Å²) in [5.41, 5.74) is 0. The molecule has 0 heterocycles. The van der Waals surface area contributed by atoms with Crippen molar-refractivity contribution < 1.29 is 18.3 Å². The zero-order chi connectivity index (χ0) is 15.0. The number of aliphatic hydroxyl groups excluding tert-OH is 1. The Kier molecular flexibility index (Phi) is 7.50. The summed E-state index contributed by atoms with van der Waals surface area (Å²) in [6.07, 6.45) is 1.13. The van der Waals surface area contributed by atoms with Gasteiger partial charge in [-0.3, -0.25) is 0 Å². The lowest BCUT2D eigenvalue weighted by molar-refractivity contribution is 0.106. The van der Waals surface area contributed by atoms with Gasteiger partial charge in [0.2, 0.25) is 0 Å². The molecule has 5 nitrogen and oxygen atoms in total. The first-order valence-electron chi connectivity index (χ1n) is 6.32. The van der Waals surface area contributed by atoms with E-state index in [1.54, 1.807) is 0 Å². The number of ether oxygens (including phenoxy) is 1. The number of benzene rings is 1. The molecule has 0 bridgehead atoms. The summed E-state index contributed by atoms with van der Waals surface area (Å²) in [5, 5.41) is 12.7. The Morgan fingerprint density at radius 2 is 2.00 bits per heavy atom. The monoisotopic (exact) mass is 365 g/mol. The van der Waals surface area contributed by atoms with E-state index in [9.17, 15) is 13.5 Å². The van der Waals surface area contributed by atoms with Gasteiger partial charge in [-0.2, -0.15) is 0 Å². The smallest absolute Gasteiger partial charge is 0.147 e. The van der Waals surface area contributed by atoms with Gasteiger partial charge in [0.05, 0.1) is 5.75 Å². The van der Waals surface area contributed by atoms with E-state index in [1.807, 2.05) is 24.3 Å². The van der Waals surface area contributed by atoms with Crippen LogP contribution in [0.5, 0.6) is 5.75 Å².